The summed E-state index contributed by atoms with van der Waals surface area (Å²) in [6.45, 7) is 0.776. The van der Waals surface area contributed by atoms with Crippen molar-refractivity contribution in [2.75, 3.05) is 6.54 Å². The van der Waals surface area contributed by atoms with Crippen LogP contribution in [0.4, 0.5) is 0 Å². The molecule has 0 aliphatic heterocycles. The number of halogens is 1. The summed E-state index contributed by atoms with van der Waals surface area (Å²) in [5.41, 5.74) is 6.72. The largest absolute Gasteiger partial charge is 0.480 e. The number of hydrogen-bond donors (Lipinski definition) is 3. The Labute approximate surface area is 144 Å². The van der Waals surface area contributed by atoms with Crippen molar-refractivity contribution in [2.45, 2.75) is 38.1 Å². The minimum Gasteiger partial charge on any atom is -0.480 e. The number of aliphatic carboxylic acids is 1. The van der Waals surface area contributed by atoms with Crippen LogP contribution in [0.5, 0.6) is 0 Å². The highest BCUT2D eigenvalue weighted by Crippen LogP contribution is 2.08. The van der Waals surface area contributed by atoms with Gasteiger partial charge in [-0.15, -0.1) is 0 Å². The Morgan fingerprint density at radius 2 is 2.00 bits per heavy atom. The number of carboxylic acids is 1. The van der Waals surface area contributed by atoms with E-state index in [9.17, 15) is 4.79 Å². The summed E-state index contributed by atoms with van der Waals surface area (Å²) in [5.74, 6) is -0.934. The summed E-state index contributed by atoms with van der Waals surface area (Å²) in [7, 11) is 0. The smallest absolute Gasteiger partial charge is 0.320 e. The van der Waals surface area contributed by atoms with Gasteiger partial charge in [0.25, 0.3) is 0 Å². The number of unbranched alkanes of at least 4 members (excludes halogenated alkanes) is 1. The van der Waals surface area contributed by atoms with Gasteiger partial charge in [-0.05, 0) is 66.0 Å². The Morgan fingerprint density at radius 3 is 2.62 bits per heavy atom. The molecule has 1 rings (SSSR count). The van der Waals surface area contributed by atoms with Gasteiger partial charge in [0.05, 0.1) is 4.99 Å². The quantitative estimate of drug-likeness (QED) is 0.323. The van der Waals surface area contributed by atoms with Crippen molar-refractivity contribution < 1.29 is 9.90 Å². The first-order valence-electron chi connectivity index (χ1n) is 6.98. The van der Waals surface area contributed by atoms with Crippen molar-refractivity contribution in [1.29, 1.82) is 0 Å². The van der Waals surface area contributed by atoms with Crippen molar-refractivity contribution in [3.8, 4) is 0 Å². The summed E-state index contributed by atoms with van der Waals surface area (Å²) < 4.78 is 1.23. The fraction of sp³-hybridized carbons (Fsp3) is 0.467. The highest BCUT2D eigenvalue weighted by molar-refractivity contribution is 14.1. The molecule has 1 atom stereocenters. The number of thiocarbonyl (C=S) groups is 1. The maximum atomic E-state index is 10.6. The number of aryl methyl sites for hydroxylation is 1. The zero-order valence-corrected chi connectivity index (χ0v) is 14.8. The van der Waals surface area contributed by atoms with Gasteiger partial charge in [-0.2, -0.15) is 0 Å². The highest BCUT2D eigenvalue weighted by Gasteiger charge is 2.09. The molecule has 1 aromatic carbocycles. The molecule has 0 saturated carbocycles. The molecule has 0 unspecified atom stereocenters. The van der Waals surface area contributed by atoms with E-state index in [0.29, 0.717) is 6.42 Å². The molecule has 0 bridgehead atoms. The standard InChI is InChI=1S/C15H21IN2O2S/c16-12-7-4-11(5-8-12)6-9-14(21)18-10-2-1-3-13(17)15(19)20/h4-5,7-8,13H,1-3,6,9-10,17H2,(H,18,21)(H,19,20)/t13-/m0/s1/i16+4. The minimum atomic E-state index is -0.934. The molecule has 0 heterocycles. The van der Waals surface area contributed by atoms with E-state index in [2.05, 4.69) is 52.2 Å². The summed E-state index contributed by atoms with van der Waals surface area (Å²) in [6, 6.07) is 7.68. The third-order valence-corrected chi connectivity index (χ3v) is 4.20. The van der Waals surface area contributed by atoms with Crippen molar-refractivity contribution in [3.05, 3.63) is 33.4 Å². The second kappa shape index (κ2) is 10.1. The lowest BCUT2D eigenvalue weighted by Gasteiger charge is -2.09. The molecule has 0 amide bonds. The van der Waals surface area contributed by atoms with Gasteiger partial charge in [-0.1, -0.05) is 24.4 Å². The number of hydrogen-bond acceptors (Lipinski definition) is 3. The number of carbonyl (C=O) groups is 1. The molecule has 0 aromatic heterocycles. The molecule has 0 fully saturated rings. The van der Waals surface area contributed by atoms with Crippen LogP contribution in [0.25, 0.3) is 0 Å². The van der Waals surface area contributed by atoms with E-state index < -0.39 is 12.0 Å². The summed E-state index contributed by atoms with van der Waals surface area (Å²) >= 11 is 7.58. The molecule has 0 saturated heterocycles. The zero-order chi connectivity index (χ0) is 15.7. The molecule has 1 aromatic rings. The van der Waals surface area contributed by atoms with E-state index in [1.165, 1.54) is 9.13 Å². The van der Waals surface area contributed by atoms with Crippen molar-refractivity contribution >= 4 is 45.8 Å². The molecule has 0 aliphatic carbocycles. The average Bonchev–Trinajstić information content (AvgIpc) is 2.46. The summed E-state index contributed by atoms with van der Waals surface area (Å²) in [6.07, 6.45) is 3.95. The molecule has 4 nitrogen and oxygen atoms in total. The van der Waals surface area contributed by atoms with E-state index >= 15 is 0 Å². The first-order valence-corrected chi connectivity index (χ1v) is 8.47. The van der Waals surface area contributed by atoms with Crippen LogP contribution in [0.2, 0.25) is 0 Å². The molecule has 21 heavy (non-hydrogen) atoms. The minimum absolute atomic E-state index is 0.506. The second-order valence-corrected chi connectivity index (χ2v) is 6.66. The third-order valence-electron chi connectivity index (χ3n) is 3.14. The van der Waals surface area contributed by atoms with Crippen molar-refractivity contribution in [3.63, 3.8) is 0 Å². The topological polar surface area (TPSA) is 75.3 Å². The fourth-order valence-corrected chi connectivity index (χ4v) is 2.40. The summed E-state index contributed by atoms with van der Waals surface area (Å²) in [4.78, 5) is 11.4. The van der Waals surface area contributed by atoms with Crippen LogP contribution in [-0.2, 0) is 11.2 Å². The first kappa shape index (κ1) is 18.3. The van der Waals surface area contributed by atoms with Crippen LogP contribution in [0.1, 0.15) is 31.2 Å². The molecule has 116 valence electrons. The van der Waals surface area contributed by atoms with Crippen LogP contribution in [0, 0.1) is 3.57 Å². The Hall–Kier alpha value is -0.730. The second-order valence-electron chi connectivity index (χ2n) is 4.92. The van der Waals surface area contributed by atoms with Crippen LogP contribution >= 0.6 is 34.8 Å². The van der Waals surface area contributed by atoms with Crippen molar-refractivity contribution in [1.82, 2.24) is 5.32 Å². The van der Waals surface area contributed by atoms with Gasteiger partial charge in [0.2, 0.25) is 0 Å². The maximum absolute atomic E-state index is 10.6. The lowest BCUT2D eigenvalue weighted by molar-refractivity contribution is -0.138. The Kier molecular flexibility index (Phi) is 8.79. The molecule has 0 aliphatic rings. The predicted molar refractivity (Wildman–Crippen MR) is 97.5 cm³/mol. The molecule has 0 spiro atoms. The SMILES string of the molecule is N[C@@H](CCCCNC(=S)CCc1ccc([131I])cc1)C(=O)O. The number of rotatable bonds is 9. The van der Waals surface area contributed by atoms with E-state index in [-0.39, 0.29) is 0 Å². The number of benzene rings is 1. The molecular formula is C15H21IN2O2S. The van der Waals surface area contributed by atoms with Gasteiger partial charge in [-0.3, -0.25) is 4.79 Å². The maximum Gasteiger partial charge on any atom is 0.320 e. The monoisotopic (exact) mass is 424 g/mol. The van der Waals surface area contributed by atoms with Gasteiger partial charge < -0.3 is 16.2 Å². The Bertz CT molecular complexity index is 465. The lowest BCUT2D eigenvalue weighted by Crippen LogP contribution is -2.30. The third kappa shape index (κ3) is 8.33. The molecule has 0 radical (unpaired) electrons. The normalized spacial score (nSPS) is 11.9. The average molecular weight is 424 g/mol. The van der Waals surface area contributed by atoms with Gasteiger partial charge in [0.1, 0.15) is 6.04 Å². The number of carboxylic acid groups (broad SMARTS) is 1. The van der Waals surface area contributed by atoms with Gasteiger partial charge >= 0.3 is 5.97 Å². The van der Waals surface area contributed by atoms with Gasteiger partial charge in [0, 0.05) is 16.5 Å². The summed E-state index contributed by atoms with van der Waals surface area (Å²) in [5, 5.41) is 11.9. The van der Waals surface area contributed by atoms with E-state index in [4.69, 9.17) is 23.1 Å². The molecular weight excluding hydrogens is 403 g/mol. The van der Waals surface area contributed by atoms with Crippen LogP contribution in [0.15, 0.2) is 24.3 Å². The van der Waals surface area contributed by atoms with Crippen LogP contribution < -0.4 is 11.1 Å². The molecule has 4 N–H and O–H groups in total. The van der Waals surface area contributed by atoms with E-state index in [1.54, 1.807) is 0 Å². The zero-order valence-electron chi connectivity index (χ0n) is 11.8. The van der Waals surface area contributed by atoms with E-state index in [1.807, 2.05) is 0 Å². The first-order chi connectivity index (χ1) is 9.99. The number of nitrogens with two attached hydrogens (primary N) is 1. The lowest BCUT2D eigenvalue weighted by atomic mass is 10.1. The Morgan fingerprint density at radius 1 is 1.33 bits per heavy atom. The number of nitrogens with one attached hydrogen (secondary N) is 1. The van der Waals surface area contributed by atoms with Crippen LogP contribution in [-0.4, -0.2) is 28.7 Å². The van der Waals surface area contributed by atoms with Crippen LogP contribution in [0.3, 0.4) is 0 Å². The van der Waals surface area contributed by atoms with Gasteiger partial charge in [0.15, 0.2) is 0 Å². The van der Waals surface area contributed by atoms with Crippen molar-refractivity contribution in [2.24, 2.45) is 5.73 Å². The molecule has 6 heteroatoms. The van der Waals surface area contributed by atoms with E-state index in [0.717, 1.165) is 37.2 Å². The van der Waals surface area contributed by atoms with Gasteiger partial charge in [-0.25, -0.2) is 0 Å². The highest BCUT2D eigenvalue weighted by atomic mass is 131. The Balaban J connectivity index is 2.09. The predicted octanol–water partition coefficient (Wildman–Crippen LogP) is 2.72. The fourth-order valence-electron chi connectivity index (χ4n) is 1.84.